The molecule has 0 saturated heterocycles. The van der Waals surface area contributed by atoms with Gasteiger partial charge < -0.3 is 10.4 Å². The summed E-state index contributed by atoms with van der Waals surface area (Å²) in [5.41, 5.74) is 2.20. The van der Waals surface area contributed by atoms with Crippen molar-refractivity contribution in [2.45, 2.75) is 0 Å². The van der Waals surface area contributed by atoms with E-state index in [0.717, 1.165) is 0 Å². The number of fused-ring (bicyclic) bond motifs is 1. The van der Waals surface area contributed by atoms with Crippen LogP contribution in [0.3, 0.4) is 0 Å². The second-order valence-electron chi connectivity index (χ2n) is 2.72. The van der Waals surface area contributed by atoms with Gasteiger partial charge in [0, 0.05) is 5.39 Å². The fourth-order valence-electron chi connectivity index (χ4n) is 1.24. The molecule has 0 aliphatic rings. The minimum absolute atomic E-state index is 0.156. The zero-order valence-corrected chi connectivity index (χ0v) is 7.04. The van der Waals surface area contributed by atoms with Gasteiger partial charge in [-0.25, -0.2) is 15.0 Å². The smallest absolute Gasteiger partial charge is 0.308 e. The largest absolute Gasteiger partial charge is 0.347 e. The van der Waals surface area contributed by atoms with Crippen molar-refractivity contribution < 1.29 is 4.39 Å². The van der Waals surface area contributed by atoms with Crippen LogP contribution in [0.1, 0.15) is 0 Å². The minimum atomic E-state index is -0.531. The van der Waals surface area contributed by atoms with Crippen LogP contribution >= 0.6 is 0 Å². The van der Waals surface area contributed by atoms with Gasteiger partial charge in [0.2, 0.25) is 0 Å². The van der Waals surface area contributed by atoms with Crippen molar-refractivity contribution >= 4 is 16.7 Å². The number of nitrogen functional groups attached to an aromatic ring is 1. The van der Waals surface area contributed by atoms with E-state index in [2.05, 4.69) is 15.4 Å². The number of aromatic amines is 1. The van der Waals surface area contributed by atoms with E-state index in [4.69, 9.17) is 5.84 Å². The lowest BCUT2D eigenvalue weighted by Crippen LogP contribution is -2.17. The monoisotopic (exact) mass is 194 g/mol. The molecule has 14 heavy (non-hydrogen) atoms. The molecule has 2 rings (SSSR count). The van der Waals surface area contributed by atoms with Gasteiger partial charge in [0.05, 0.1) is 5.52 Å². The summed E-state index contributed by atoms with van der Waals surface area (Å²) in [7, 11) is 0. The van der Waals surface area contributed by atoms with Crippen molar-refractivity contribution in [1.82, 2.24) is 9.97 Å². The van der Waals surface area contributed by atoms with Crippen LogP contribution < -0.4 is 17.0 Å². The average molecular weight is 194 g/mol. The van der Waals surface area contributed by atoms with E-state index in [1.165, 1.54) is 18.2 Å². The molecule has 5 nitrogen and oxygen atoms in total. The van der Waals surface area contributed by atoms with Gasteiger partial charge in [-0.15, -0.1) is 0 Å². The molecule has 2 aromatic rings. The Balaban J connectivity index is 2.88. The summed E-state index contributed by atoms with van der Waals surface area (Å²) in [5.74, 6) is 4.89. The number of rotatable bonds is 1. The summed E-state index contributed by atoms with van der Waals surface area (Å²) in [6.07, 6.45) is 0. The van der Waals surface area contributed by atoms with Crippen LogP contribution in [-0.4, -0.2) is 9.97 Å². The van der Waals surface area contributed by atoms with Crippen LogP contribution in [0.4, 0.5) is 10.2 Å². The third-order valence-electron chi connectivity index (χ3n) is 1.83. The molecular weight excluding hydrogens is 187 g/mol. The molecule has 4 N–H and O–H groups in total. The van der Waals surface area contributed by atoms with Gasteiger partial charge in [0.1, 0.15) is 5.82 Å². The molecule has 0 fully saturated rings. The number of nitrogens with one attached hydrogen (secondary N) is 2. The third-order valence-corrected chi connectivity index (χ3v) is 1.83. The van der Waals surface area contributed by atoms with E-state index in [9.17, 15) is 9.18 Å². The second kappa shape index (κ2) is 3.08. The highest BCUT2D eigenvalue weighted by Crippen LogP contribution is 2.17. The van der Waals surface area contributed by atoms with Gasteiger partial charge in [-0.2, -0.15) is 4.98 Å². The predicted octanol–water partition coefficient (Wildman–Crippen LogP) is 0.348. The molecule has 0 unspecified atom stereocenters. The van der Waals surface area contributed by atoms with Crippen LogP contribution in [0.5, 0.6) is 0 Å². The minimum Gasteiger partial charge on any atom is -0.308 e. The molecule has 0 atom stereocenters. The van der Waals surface area contributed by atoms with E-state index in [1.807, 2.05) is 0 Å². The first-order chi connectivity index (χ1) is 6.70. The molecule has 0 aliphatic heterocycles. The topological polar surface area (TPSA) is 83.8 Å². The molecule has 0 amide bonds. The lowest BCUT2D eigenvalue weighted by atomic mass is 10.2. The maximum absolute atomic E-state index is 12.9. The molecule has 0 saturated carbocycles. The van der Waals surface area contributed by atoms with E-state index >= 15 is 0 Å². The summed E-state index contributed by atoms with van der Waals surface area (Å²) < 4.78 is 12.9. The van der Waals surface area contributed by atoms with Crippen molar-refractivity contribution in [2.75, 3.05) is 5.43 Å². The van der Waals surface area contributed by atoms with Crippen molar-refractivity contribution in [1.29, 1.82) is 0 Å². The molecule has 0 spiro atoms. The molecule has 72 valence electrons. The van der Waals surface area contributed by atoms with Gasteiger partial charge in [0.15, 0.2) is 5.82 Å². The molecule has 0 radical (unpaired) electrons. The first-order valence-electron chi connectivity index (χ1n) is 3.87. The summed E-state index contributed by atoms with van der Waals surface area (Å²) in [5, 5.41) is 0.437. The molecule has 6 heteroatoms. The highest BCUT2D eigenvalue weighted by atomic mass is 19.1. The Morgan fingerprint density at radius 1 is 1.50 bits per heavy atom. The molecule has 1 aromatic heterocycles. The van der Waals surface area contributed by atoms with Crippen LogP contribution in [0.2, 0.25) is 0 Å². The maximum Gasteiger partial charge on any atom is 0.347 e. The Bertz CT molecular complexity index is 536. The number of benzene rings is 1. The zero-order valence-electron chi connectivity index (χ0n) is 7.04. The Kier molecular flexibility index (Phi) is 1.90. The number of hydrazine groups is 1. The van der Waals surface area contributed by atoms with Crippen LogP contribution in [0.15, 0.2) is 23.0 Å². The first kappa shape index (κ1) is 8.64. The third kappa shape index (κ3) is 1.31. The number of H-pyrrole nitrogens is 1. The summed E-state index contributed by atoms with van der Waals surface area (Å²) in [6.45, 7) is 0. The summed E-state index contributed by atoms with van der Waals surface area (Å²) in [6, 6.07) is 3.95. The number of hydrogen-bond donors (Lipinski definition) is 3. The number of nitrogens with zero attached hydrogens (tertiary/aromatic N) is 1. The Hall–Kier alpha value is -1.95. The van der Waals surface area contributed by atoms with E-state index in [-0.39, 0.29) is 5.82 Å². The SMILES string of the molecule is NNc1nc(=O)[nH]c2ccc(F)cc12. The van der Waals surface area contributed by atoms with Crippen LogP contribution in [0.25, 0.3) is 10.9 Å². The van der Waals surface area contributed by atoms with Gasteiger partial charge in [0.25, 0.3) is 0 Å². The number of hydrogen-bond acceptors (Lipinski definition) is 4. The van der Waals surface area contributed by atoms with Gasteiger partial charge in [-0.05, 0) is 18.2 Å². The van der Waals surface area contributed by atoms with Crippen molar-refractivity contribution in [3.05, 3.63) is 34.5 Å². The number of aromatic nitrogens is 2. The molecule has 1 heterocycles. The van der Waals surface area contributed by atoms with Crippen LogP contribution in [0, 0.1) is 5.82 Å². The number of anilines is 1. The second-order valence-corrected chi connectivity index (χ2v) is 2.72. The average Bonchev–Trinajstić information content (AvgIpc) is 2.17. The predicted molar refractivity (Wildman–Crippen MR) is 50.1 cm³/mol. The summed E-state index contributed by atoms with van der Waals surface area (Å²) >= 11 is 0. The van der Waals surface area contributed by atoms with E-state index in [0.29, 0.717) is 10.9 Å². The Labute approximate surface area is 77.7 Å². The normalized spacial score (nSPS) is 10.4. The van der Waals surface area contributed by atoms with E-state index in [1.54, 1.807) is 0 Å². The van der Waals surface area contributed by atoms with Gasteiger partial charge in [-0.3, -0.25) is 0 Å². The molecule has 1 aromatic carbocycles. The Morgan fingerprint density at radius 3 is 3.00 bits per heavy atom. The number of halogens is 1. The summed E-state index contributed by atoms with van der Waals surface area (Å²) in [4.78, 5) is 17.0. The van der Waals surface area contributed by atoms with Crippen molar-refractivity contribution in [3.8, 4) is 0 Å². The Morgan fingerprint density at radius 2 is 2.29 bits per heavy atom. The van der Waals surface area contributed by atoms with Crippen LogP contribution in [-0.2, 0) is 0 Å². The zero-order chi connectivity index (χ0) is 10.1. The quantitative estimate of drug-likeness (QED) is 0.451. The molecule has 0 bridgehead atoms. The molecule has 0 aliphatic carbocycles. The number of nitrogens with two attached hydrogens (primary N) is 1. The lowest BCUT2D eigenvalue weighted by Gasteiger charge is -2.03. The fraction of sp³-hybridized carbons (Fsp3) is 0. The van der Waals surface area contributed by atoms with E-state index < -0.39 is 11.5 Å². The standard InChI is InChI=1S/C8H7FN4O/c9-4-1-2-6-5(3-4)7(13-10)12-8(14)11-6/h1-3H,10H2,(H2,11,12,13,14). The molecular formula is C8H7FN4O. The highest BCUT2D eigenvalue weighted by molar-refractivity contribution is 5.88. The van der Waals surface area contributed by atoms with Crippen molar-refractivity contribution in [2.24, 2.45) is 5.84 Å². The fourth-order valence-corrected chi connectivity index (χ4v) is 1.24. The van der Waals surface area contributed by atoms with Gasteiger partial charge in [-0.1, -0.05) is 0 Å². The first-order valence-corrected chi connectivity index (χ1v) is 3.87. The van der Waals surface area contributed by atoms with Gasteiger partial charge >= 0.3 is 5.69 Å². The van der Waals surface area contributed by atoms with Crippen molar-refractivity contribution in [3.63, 3.8) is 0 Å². The maximum atomic E-state index is 12.9. The highest BCUT2D eigenvalue weighted by Gasteiger charge is 2.04. The lowest BCUT2D eigenvalue weighted by molar-refractivity contribution is 0.629.